The molecule has 1 aromatic rings. The summed E-state index contributed by atoms with van der Waals surface area (Å²) in [6.07, 6.45) is 2.57. The number of hydrogen-bond donors (Lipinski definition) is 1. The van der Waals surface area contributed by atoms with E-state index in [1.165, 1.54) is 12.7 Å². The zero-order valence-electron chi connectivity index (χ0n) is 11.6. The van der Waals surface area contributed by atoms with Gasteiger partial charge in [-0.2, -0.15) is 0 Å². The Kier molecular flexibility index (Phi) is 6.81. The van der Waals surface area contributed by atoms with E-state index in [0.717, 1.165) is 4.47 Å². The molecular formula is C15H20BrNO2. The second-order valence-electron chi connectivity index (χ2n) is 4.23. The standard InChI is InChI=1S/C15H20BrNO2/c1-4-12(15(18)19-3)9-10-17-11(2)13-7-5-6-8-14(13)16/h5-9,11,17H,4,10H2,1-3H3/b12-9-/t11-/m0/s1. The monoisotopic (exact) mass is 325 g/mol. The molecule has 0 aliphatic heterocycles. The second kappa shape index (κ2) is 8.12. The molecule has 0 bridgehead atoms. The van der Waals surface area contributed by atoms with Crippen LogP contribution in [0.2, 0.25) is 0 Å². The number of esters is 1. The third-order valence-corrected chi connectivity index (χ3v) is 3.69. The fraction of sp³-hybridized carbons (Fsp3) is 0.400. The van der Waals surface area contributed by atoms with Gasteiger partial charge in [-0.05, 0) is 25.0 Å². The third-order valence-electron chi connectivity index (χ3n) is 2.97. The first kappa shape index (κ1) is 15.9. The van der Waals surface area contributed by atoms with Crippen LogP contribution in [-0.4, -0.2) is 19.6 Å². The Morgan fingerprint density at radius 3 is 2.74 bits per heavy atom. The van der Waals surface area contributed by atoms with E-state index in [9.17, 15) is 4.79 Å². The lowest BCUT2D eigenvalue weighted by Gasteiger charge is -2.14. The summed E-state index contributed by atoms with van der Waals surface area (Å²) in [4.78, 5) is 11.4. The zero-order valence-corrected chi connectivity index (χ0v) is 13.2. The van der Waals surface area contributed by atoms with Crippen LogP contribution in [0.15, 0.2) is 40.4 Å². The maximum atomic E-state index is 11.4. The molecule has 0 amide bonds. The van der Waals surface area contributed by atoms with Gasteiger partial charge >= 0.3 is 5.97 Å². The average molecular weight is 326 g/mol. The number of carbonyl (C=O) groups excluding carboxylic acids is 1. The molecule has 4 heteroatoms. The third kappa shape index (κ3) is 4.80. The van der Waals surface area contributed by atoms with Crippen LogP contribution in [0, 0.1) is 0 Å². The van der Waals surface area contributed by atoms with Gasteiger partial charge < -0.3 is 10.1 Å². The van der Waals surface area contributed by atoms with Crippen molar-refractivity contribution in [2.45, 2.75) is 26.3 Å². The minimum absolute atomic E-state index is 0.211. The van der Waals surface area contributed by atoms with Crippen LogP contribution in [-0.2, 0) is 9.53 Å². The maximum Gasteiger partial charge on any atom is 0.333 e. The summed E-state index contributed by atoms with van der Waals surface area (Å²) in [5, 5.41) is 3.37. The fourth-order valence-electron chi connectivity index (χ4n) is 1.80. The summed E-state index contributed by atoms with van der Waals surface area (Å²) in [6, 6.07) is 8.32. The van der Waals surface area contributed by atoms with Crippen molar-refractivity contribution in [1.29, 1.82) is 0 Å². The molecule has 0 aliphatic rings. The molecule has 1 N–H and O–H groups in total. The number of nitrogens with one attached hydrogen (secondary N) is 1. The maximum absolute atomic E-state index is 11.4. The van der Waals surface area contributed by atoms with E-state index in [1.807, 2.05) is 31.2 Å². The minimum Gasteiger partial charge on any atom is -0.466 e. The number of benzene rings is 1. The van der Waals surface area contributed by atoms with Gasteiger partial charge in [-0.1, -0.05) is 47.1 Å². The van der Waals surface area contributed by atoms with Crippen LogP contribution >= 0.6 is 15.9 Å². The van der Waals surface area contributed by atoms with Gasteiger partial charge in [0.15, 0.2) is 0 Å². The van der Waals surface area contributed by atoms with E-state index in [0.29, 0.717) is 18.5 Å². The van der Waals surface area contributed by atoms with Crippen LogP contribution < -0.4 is 5.32 Å². The van der Waals surface area contributed by atoms with E-state index in [-0.39, 0.29) is 12.0 Å². The Balaban J connectivity index is 2.60. The van der Waals surface area contributed by atoms with E-state index in [4.69, 9.17) is 4.74 Å². The van der Waals surface area contributed by atoms with Gasteiger partial charge in [0.2, 0.25) is 0 Å². The molecule has 0 radical (unpaired) electrons. The molecule has 1 aromatic carbocycles. The average Bonchev–Trinajstić information content (AvgIpc) is 2.43. The van der Waals surface area contributed by atoms with E-state index in [1.54, 1.807) is 0 Å². The van der Waals surface area contributed by atoms with Gasteiger partial charge in [-0.15, -0.1) is 0 Å². The van der Waals surface area contributed by atoms with Crippen molar-refractivity contribution < 1.29 is 9.53 Å². The Hall–Kier alpha value is -1.13. The van der Waals surface area contributed by atoms with Crippen molar-refractivity contribution in [3.05, 3.63) is 46.0 Å². The molecule has 0 heterocycles. The van der Waals surface area contributed by atoms with E-state index in [2.05, 4.69) is 34.2 Å². The van der Waals surface area contributed by atoms with Crippen molar-refractivity contribution in [3.8, 4) is 0 Å². The molecule has 0 saturated carbocycles. The van der Waals surface area contributed by atoms with Crippen LogP contribution in [0.5, 0.6) is 0 Å². The lowest BCUT2D eigenvalue weighted by Crippen LogP contribution is -2.20. The molecule has 0 aromatic heterocycles. The van der Waals surface area contributed by atoms with Gasteiger partial charge in [-0.25, -0.2) is 4.79 Å². The van der Waals surface area contributed by atoms with Crippen molar-refractivity contribution in [1.82, 2.24) is 5.32 Å². The summed E-state index contributed by atoms with van der Waals surface area (Å²) in [5.74, 6) is -0.252. The summed E-state index contributed by atoms with van der Waals surface area (Å²) in [5.41, 5.74) is 1.90. The van der Waals surface area contributed by atoms with Crippen molar-refractivity contribution in [2.24, 2.45) is 0 Å². The number of methoxy groups -OCH3 is 1. The minimum atomic E-state index is -0.252. The Labute approximate surface area is 123 Å². The van der Waals surface area contributed by atoms with Gasteiger partial charge in [0.1, 0.15) is 0 Å². The largest absolute Gasteiger partial charge is 0.466 e. The van der Waals surface area contributed by atoms with Crippen molar-refractivity contribution in [2.75, 3.05) is 13.7 Å². The van der Waals surface area contributed by atoms with E-state index >= 15 is 0 Å². The smallest absolute Gasteiger partial charge is 0.333 e. The molecule has 0 saturated heterocycles. The summed E-state index contributed by atoms with van der Waals surface area (Å²) < 4.78 is 5.81. The van der Waals surface area contributed by atoms with E-state index < -0.39 is 0 Å². The molecule has 104 valence electrons. The van der Waals surface area contributed by atoms with Gasteiger partial charge in [0, 0.05) is 22.6 Å². The van der Waals surface area contributed by atoms with Crippen molar-refractivity contribution >= 4 is 21.9 Å². The predicted octanol–water partition coefficient (Wildman–Crippen LogP) is 3.61. The lowest BCUT2D eigenvalue weighted by molar-refractivity contribution is -0.136. The molecular weight excluding hydrogens is 306 g/mol. The summed E-state index contributed by atoms with van der Waals surface area (Å²) in [6.45, 7) is 4.68. The number of hydrogen-bond acceptors (Lipinski definition) is 3. The highest BCUT2D eigenvalue weighted by Crippen LogP contribution is 2.22. The van der Waals surface area contributed by atoms with Gasteiger partial charge in [0.05, 0.1) is 7.11 Å². The first-order chi connectivity index (χ1) is 9.10. The normalized spacial score (nSPS) is 13.2. The SMILES string of the molecule is CC/C(=C/CN[C@@H](C)c1ccccc1Br)C(=O)OC. The predicted molar refractivity (Wildman–Crippen MR) is 80.9 cm³/mol. The number of carbonyl (C=O) groups is 1. The summed E-state index contributed by atoms with van der Waals surface area (Å²) in [7, 11) is 1.41. The molecule has 0 unspecified atom stereocenters. The number of halogens is 1. The molecule has 3 nitrogen and oxygen atoms in total. The lowest BCUT2D eigenvalue weighted by atomic mass is 10.1. The molecule has 1 atom stereocenters. The van der Waals surface area contributed by atoms with Crippen LogP contribution in [0.25, 0.3) is 0 Å². The fourth-order valence-corrected chi connectivity index (χ4v) is 2.43. The highest BCUT2D eigenvalue weighted by molar-refractivity contribution is 9.10. The quantitative estimate of drug-likeness (QED) is 0.641. The molecule has 0 aliphatic carbocycles. The number of ether oxygens (including phenoxy) is 1. The summed E-state index contributed by atoms with van der Waals surface area (Å²) >= 11 is 3.54. The van der Waals surface area contributed by atoms with Crippen LogP contribution in [0.4, 0.5) is 0 Å². The highest BCUT2D eigenvalue weighted by atomic mass is 79.9. The Morgan fingerprint density at radius 1 is 1.47 bits per heavy atom. The Bertz CT molecular complexity index is 457. The first-order valence-electron chi connectivity index (χ1n) is 6.35. The second-order valence-corrected chi connectivity index (χ2v) is 5.08. The van der Waals surface area contributed by atoms with Gasteiger partial charge in [-0.3, -0.25) is 0 Å². The Morgan fingerprint density at radius 2 is 2.16 bits per heavy atom. The zero-order chi connectivity index (χ0) is 14.3. The highest BCUT2D eigenvalue weighted by Gasteiger charge is 2.09. The van der Waals surface area contributed by atoms with Crippen LogP contribution in [0.1, 0.15) is 31.9 Å². The first-order valence-corrected chi connectivity index (χ1v) is 7.14. The molecule has 19 heavy (non-hydrogen) atoms. The van der Waals surface area contributed by atoms with Crippen molar-refractivity contribution in [3.63, 3.8) is 0 Å². The van der Waals surface area contributed by atoms with Gasteiger partial charge in [0.25, 0.3) is 0 Å². The van der Waals surface area contributed by atoms with Crippen LogP contribution in [0.3, 0.4) is 0 Å². The molecule has 0 fully saturated rings. The topological polar surface area (TPSA) is 38.3 Å². The molecule has 1 rings (SSSR count). The number of rotatable bonds is 6. The molecule has 0 spiro atoms.